The molecule has 0 aliphatic heterocycles. The van der Waals surface area contributed by atoms with E-state index in [1.54, 1.807) is 0 Å². The molecule has 5 nitrogen and oxygen atoms in total. The van der Waals surface area contributed by atoms with Gasteiger partial charge in [0.15, 0.2) is 0 Å². The first kappa shape index (κ1) is 15.7. The Morgan fingerprint density at radius 1 is 1.05 bits per heavy atom. The van der Waals surface area contributed by atoms with Gasteiger partial charge in [0.05, 0.1) is 0 Å². The van der Waals surface area contributed by atoms with Gasteiger partial charge in [-0.2, -0.15) is 0 Å². The summed E-state index contributed by atoms with van der Waals surface area (Å²) in [6, 6.07) is 1.86. The number of anilines is 2. The van der Waals surface area contributed by atoms with Gasteiger partial charge in [0.1, 0.15) is 17.5 Å². The van der Waals surface area contributed by atoms with Crippen LogP contribution in [0.3, 0.4) is 0 Å². The van der Waals surface area contributed by atoms with Crippen molar-refractivity contribution in [1.29, 1.82) is 0 Å². The summed E-state index contributed by atoms with van der Waals surface area (Å²) in [4.78, 5) is 13.3. The molecule has 0 fully saturated rings. The monoisotopic (exact) mass is 265 g/mol. The second-order valence-electron chi connectivity index (χ2n) is 4.66. The van der Waals surface area contributed by atoms with Crippen LogP contribution in [0.25, 0.3) is 0 Å². The topological polar surface area (TPSA) is 58.3 Å². The number of hydrogen-bond acceptors (Lipinski definition) is 5. The van der Waals surface area contributed by atoms with Gasteiger partial charge in [-0.25, -0.2) is 9.97 Å². The zero-order valence-corrected chi connectivity index (χ0v) is 12.7. The largest absolute Gasteiger partial charge is 0.384 e. The number of hydrogen-bond donors (Lipinski definition) is 1. The molecule has 0 aliphatic carbocycles. The van der Waals surface area contributed by atoms with Crippen molar-refractivity contribution in [3.8, 4) is 0 Å². The Bertz CT molecular complexity index is 356. The van der Waals surface area contributed by atoms with Crippen molar-refractivity contribution in [2.24, 2.45) is 0 Å². The highest BCUT2D eigenvalue weighted by molar-refractivity contribution is 5.46. The lowest BCUT2D eigenvalue weighted by atomic mass is 10.3. The summed E-state index contributed by atoms with van der Waals surface area (Å²) in [6.07, 6.45) is 1.14. The molecule has 1 aromatic rings. The Morgan fingerprint density at radius 3 is 2.26 bits per heavy atom. The summed E-state index contributed by atoms with van der Waals surface area (Å²) in [6.45, 7) is 13.7. The third-order valence-electron chi connectivity index (χ3n) is 3.35. The van der Waals surface area contributed by atoms with Crippen LogP contribution in [0.1, 0.15) is 33.0 Å². The van der Waals surface area contributed by atoms with E-state index < -0.39 is 0 Å². The maximum atomic E-state index is 5.79. The molecule has 1 aromatic heterocycles. The van der Waals surface area contributed by atoms with E-state index in [0.717, 1.165) is 50.8 Å². The van der Waals surface area contributed by atoms with Gasteiger partial charge in [0.25, 0.3) is 0 Å². The second kappa shape index (κ2) is 7.94. The first-order valence-corrected chi connectivity index (χ1v) is 7.19. The molecule has 0 spiro atoms. The fourth-order valence-electron chi connectivity index (χ4n) is 2.20. The van der Waals surface area contributed by atoms with Crippen LogP contribution in [0, 0.1) is 6.92 Å². The molecule has 1 heterocycles. The van der Waals surface area contributed by atoms with E-state index in [1.807, 2.05) is 13.0 Å². The molecule has 0 amide bonds. The van der Waals surface area contributed by atoms with Gasteiger partial charge >= 0.3 is 0 Å². The standard InChI is InChI=1S/C14H27N5/c1-5-18(6-2)9-8-10-19(7-3)14-11-13(15)16-12(4)17-14/h11H,5-10H2,1-4H3,(H2,15,16,17). The number of rotatable bonds is 8. The Labute approximate surface area is 116 Å². The molecule has 19 heavy (non-hydrogen) atoms. The quantitative estimate of drug-likeness (QED) is 0.778. The van der Waals surface area contributed by atoms with E-state index in [-0.39, 0.29) is 0 Å². The Balaban J connectivity index is 2.58. The Morgan fingerprint density at radius 2 is 1.74 bits per heavy atom. The van der Waals surface area contributed by atoms with Gasteiger partial charge < -0.3 is 15.5 Å². The van der Waals surface area contributed by atoms with Gasteiger partial charge in [-0.15, -0.1) is 0 Å². The fourth-order valence-corrected chi connectivity index (χ4v) is 2.20. The number of nitrogens with zero attached hydrogens (tertiary/aromatic N) is 4. The molecular weight excluding hydrogens is 238 g/mol. The highest BCUT2D eigenvalue weighted by atomic mass is 15.2. The third kappa shape index (κ3) is 5.03. The number of nitrogens with two attached hydrogens (primary N) is 1. The van der Waals surface area contributed by atoms with Crippen molar-refractivity contribution in [2.75, 3.05) is 43.4 Å². The van der Waals surface area contributed by atoms with Gasteiger partial charge in [-0.05, 0) is 39.9 Å². The minimum atomic E-state index is 0.546. The molecule has 0 aliphatic rings. The van der Waals surface area contributed by atoms with Crippen LogP contribution in [0.15, 0.2) is 6.07 Å². The van der Waals surface area contributed by atoms with Crippen molar-refractivity contribution >= 4 is 11.6 Å². The summed E-state index contributed by atoms with van der Waals surface area (Å²) >= 11 is 0. The molecule has 5 heteroatoms. The predicted molar refractivity (Wildman–Crippen MR) is 81.5 cm³/mol. The zero-order valence-electron chi connectivity index (χ0n) is 12.7. The van der Waals surface area contributed by atoms with Crippen LogP contribution in [0.2, 0.25) is 0 Å². The fraction of sp³-hybridized carbons (Fsp3) is 0.714. The van der Waals surface area contributed by atoms with E-state index in [1.165, 1.54) is 0 Å². The first-order chi connectivity index (χ1) is 9.10. The Kier molecular flexibility index (Phi) is 6.56. The van der Waals surface area contributed by atoms with Gasteiger partial charge in [-0.3, -0.25) is 0 Å². The Hall–Kier alpha value is -1.36. The van der Waals surface area contributed by atoms with Crippen molar-refractivity contribution in [2.45, 2.75) is 34.1 Å². The zero-order chi connectivity index (χ0) is 14.3. The van der Waals surface area contributed by atoms with Crippen LogP contribution in [-0.4, -0.2) is 47.6 Å². The molecule has 0 bridgehead atoms. The summed E-state index contributed by atoms with van der Waals surface area (Å²) < 4.78 is 0. The summed E-state index contributed by atoms with van der Waals surface area (Å²) in [5.74, 6) is 2.22. The molecule has 0 saturated heterocycles. The van der Waals surface area contributed by atoms with Crippen LogP contribution < -0.4 is 10.6 Å². The third-order valence-corrected chi connectivity index (χ3v) is 3.35. The normalized spacial score (nSPS) is 11.0. The van der Waals surface area contributed by atoms with E-state index in [0.29, 0.717) is 5.82 Å². The van der Waals surface area contributed by atoms with E-state index in [9.17, 15) is 0 Å². The number of aryl methyl sites for hydroxylation is 1. The smallest absolute Gasteiger partial charge is 0.134 e. The van der Waals surface area contributed by atoms with Crippen molar-refractivity contribution in [3.63, 3.8) is 0 Å². The highest BCUT2D eigenvalue weighted by Gasteiger charge is 2.08. The molecule has 0 atom stereocenters. The van der Waals surface area contributed by atoms with Crippen LogP contribution >= 0.6 is 0 Å². The van der Waals surface area contributed by atoms with Crippen molar-refractivity contribution < 1.29 is 0 Å². The molecule has 1 rings (SSSR count). The predicted octanol–water partition coefficient (Wildman–Crippen LogP) is 1.93. The first-order valence-electron chi connectivity index (χ1n) is 7.19. The number of aromatic nitrogens is 2. The van der Waals surface area contributed by atoms with E-state index >= 15 is 0 Å². The van der Waals surface area contributed by atoms with Crippen molar-refractivity contribution in [3.05, 3.63) is 11.9 Å². The minimum absolute atomic E-state index is 0.546. The van der Waals surface area contributed by atoms with Crippen LogP contribution in [0.5, 0.6) is 0 Å². The maximum absolute atomic E-state index is 5.79. The summed E-state index contributed by atoms with van der Waals surface area (Å²) in [7, 11) is 0. The van der Waals surface area contributed by atoms with Gasteiger partial charge in [-0.1, -0.05) is 13.8 Å². The molecular formula is C14H27N5. The lowest BCUT2D eigenvalue weighted by Crippen LogP contribution is -2.30. The average Bonchev–Trinajstić information content (AvgIpc) is 2.38. The van der Waals surface area contributed by atoms with Crippen molar-refractivity contribution in [1.82, 2.24) is 14.9 Å². The molecule has 0 unspecified atom stereocenters. The minimum Gasteiger partial charge on any atom is -0.384 e. The maximum Gasteiger partial charge on any atom is 0.134 e. The SMILES string of the molecule is CCN(CC)CCCN(CC)c1cc(N)nc(C)n1. The summed E-state index contributed by atoms with van der Waals surface area (Å²) in [5, 5.41) is 0. The molecule has 0 aromatic carbocycles. The van der Waals surface area contributed by atoms with Gasteiger partial charge in [0, 0.05) is 19.2 Å². The van der Waals surface area contributed by atoms with E-state index in [2.05, 4.69) is 40.5 Å². The second-order valence-corrected chi connectivity index (χ2v) is 4.66. The molecule has 2 N–H and O–H groups in total. The lowest BCUT2D eigenvalue weighted by molar-refractivity contribution is 0.300. The lowest BCUT2D eigenvalue weighted by Gasteiger charge is -2.24. The van der Waals surface area contributed by atoms with Gasteiger partial charge in [0.2, 0.25) is 0 Å². The molecule has 0 radical (unpaired) electrons. The van der Waals surface area contributed by atoms with E-state index in [4.69, 9.17) is 5.73 Å². The highest BCUT2D eigenvalue weighted by Crippen LogP contribution is 2.14. The van der Waals surface area contributed by atoms with Crippen LogP contribution in [0.4, 0.5) is 11.6 Å². The summed E-state index contributed by atoms with van der Waals surface area (Å²) in [5.41, 5.74) is 5.79. The molecule has 0 saturated carbocycles. The van der Waals surface area contributed by atoms with Crippen LogP contribution in [-0.2, 0) is 0 Å². The number of nitrogen functional groups attached to an aromatic ring is 1. The average molecular weight is 265 g/mol. The molecule has 108 valence electrons.